The minimum Gasteiger partial charge on any atom is -0.494 e. The molecule has 1 aromatic carbocycles. The molecule has 2 N–H and O–H groups in total. The number of hydrogen-bond acceptors (Lipinski definition) is 3. The van der Waals surface area contributed by atoms with E-state index in [2.05, 4.69) is 10.6 Å². The van der Waals surface area contributed by atoms with Crippen LogP contribution in [0.25, 0.3) is 0 Å². The smallest absolute Gasteiger partial charge is 0.315 e. The molecule has 0 aromatic heterocycles. The summed E-state index contributed by atoms with van der Waals surface area (Å²) >= 11 is 0. The number of amides is 3. The Balaban J connectivity index is 1.48. The minimum absolute atomic E-state index is 0.101. The lowest BCUT2D eigenvalue weighted by Crippen LogP contribution is -2.43. The summed E-state index contributed by atoms with van der Waals surface area (Å²) in [4.78, 5) is 25.7. The summed E-state index contributed by atoms with van der Waals surface area (Å²) in [7, 11) is 1.81. The molecule has 150 valence electrons. The van der Waals surface area contributed by atoms with Crippen molar-refractivity contribution in [2.45, 2.75) is 57.4 Å². The van der Waals surface area contributed by atoms with E-state index in [-0.39, 0.29) is 11.9 Å². The molecule has 6 heteroatoms. The zero-order valence-corrected chi connectivity index (χ0v) is 16.4. The highest BCUT2D eigenvalue weighted by Gasteiger charge is 2.15. The molecular formula is C21H33N3O3. The van der Waals surface area contributed by atoms with E-state index in [1.807, 2.05) is 37.4 Å². The monoisotopic (exact) mass is 375 g/mol. The van der Waals surface area contributed by atoms with Crippen molar-refractivity contribution >= 4 is 11.9 Å². The highest BCUT2D eigenvalue weighted by molar-refractivity contribution is 5.76. The number of carbonyl (C=O) groups excluding carboxylic acids is 2. The Kier molecular flexibility index (Phi) is 9.52. The van der Waals surface area contributed by atoms with Crippen LogP contribution in [0.15, 0.2) is 30.3 Å². The Bertz CT molecular complexity index is 559. The third kappa shape index (κ3) is 8.80. The second kappa shape index (κ2) is 12.2. The minimum atomic E-state index is -0.110. The number of carbonyl (C=O) groups is 2. The Morgan fingerprint density at radius 2 is 1.85 bits per heavy atom. The molecule has 2 rings (SSSR count). The largest absolute Gasteiger partial charge is 0.494 e. The zero-order valence-electron chi connectivity index (χ0n) is 16.4. The Hall–Kier alpha value is -2.24. The predicted octanol–water partition coefficient (Wildman–Crippen LogP) is 3.33. The van der Waals surface area contributed by atoms with Gasteiger partial charge in [0.05, 0.1) is 6.61 Å². The van der Waals surface area contributed by atoms with E-state index in [0.717, 1.165) is 25.0 Å². The molecule has 1 saturated carbocycles. The molecule has 0 saturated heterocycles. The highest BCUT2D eigenvalue weighted by Crippen LogP contribution is 2.17. The number of hydrogen-bond donors (Lipinski definition) is 2. The van der Waals surface area contributed by atoms with Crippen molar-refractivity contribution in [3.8, 4) is 5.75 Å². The molecule has 1 fully saturated rings. The van der Waals surface area contributed by atoms with Gasteiger partial charge in [0.15, 0.2) is 0 Å². The Labute approximate surface area is 162 Å². The lowest BCUT2D eigenvalue weighted by atomic mass is 9.96. The molecule has 27 heavy (non-hydrogen) atoms. The fraction of sp³-hybridized carbons (Fsp3) is 0.619. The molecule has 1 aromatic rings. The Morgan fingerprint density at radius 3 is 2.59 bits per heavy atom. The first-order chi connectivity index (χ1) is 13.1. The van der Waals surface area contributed by atoms with Crippen molar-refractivity contribution in [1.29, 1.82) is 0 Å². The van der Waals surface area contributed by atoms with E-state index in [9.17, 15) is 9.59 Å². The SMILES string of the molecule is CN(CCCOc1ccccc1)C(=O)CCCNC(=O)NC1CCCCC1. The molecule has 0 unspecified atom stereocenters. The average Bonchev–Trinajstić information content (AvgIpc) is 2.70. The van der Waals surface area contributed by atoms with Gasteiger partial charge in [0.25, 0.3) is 0 Å². The third-order valence-electron chi connectivity index (χ3n) is 4.87. The van der Waals surface area contributed by atoms with E-state index in [4.69, 9.17) is 4.74 Å². The summed E-state index contributed by atoms with van der Waals surface area (Å²) in [6, 6.07) is 9.88. The van der Waals surface area contributed by atoms with Crippen LogP contribution in [0.1, 0.15) is 51.4 Å². The maximum Gasteiger partial charge on any atom is 0.315 e. The van der Waals surface area contributed by atoms with E-state index in [0.29, 0.717) is 38.6 Å². The fourth-order valence-corrected chi connectivity index (χ4v) is 3.25. The van der Waals surface area contributed by atoms with Gasteiger partial charge in [-0.15, -0.1) is 0 Å². The quantitative estimate of drug-likeness (QED) is 0.616. The molecule has 0 heterocycles. The number of nitrogens with zero attached hydrogens (tertiary/aromatic N) is 1. The highest BCUT2D eigenvalue weighted by atomic mass is 16.5. The van der Waals surface area contributed by atoms with Crippen LogP contribution in [-0.4, -0.2) is 49.6 Å². The summed E-state index contributed by atoms with van der Waals surface area (Å²) in [5.74, 6) is 0.952. The number of rotatable bonds is 10. The topological polar surface area (TPSA) is 70.7 Å². The molecule has 0 bridgehead atoms. The van der Waals surface area contributed by atoms with Gasteiger partial charge in [-0.3, -0.25) is 4.79 Å². The fourth-order valence-electron chi connectivity index (χ4n) is 3.25. The van der Waals surface area contributed by atoms with Gasteiger partial charge in [-0.1, -0.05) is 37.5 Å². The van der Waals surface area contributed by atoms with Gasteiger partial charge >= 0.3 is 6.03 Å². The van der Waals surface area contributed by atoms with Crippen molar-refractivity contribution in [2.24, 2.45) is 0 Å². The molecule has 0 spiro atoms. The van der Waals surface area contributed by atoms with Gasteiger partial charge in [0.1, 0.15) is 5.75 Å². The molecule has 0 atom stereocenters. The number of ether oxygens (including phenoxy) is 1. The van der Waals surface area contributed by atoms with Gasteiger partial charge in [-0.2, -0.15) is 0 Å². The van der Waals surface area contributed by atoms with E-state index < -0.39 is 0 Å². The lowest BCUT2D eigenvalue weighted by Gasteiger charge is -2.23. The van der Waals surface area contributed by atoms with Gasteiger partial charge in [-0.25, -0.2) is 4.79 Å². The normalized spacial score (nSPS) is 14.4. The van der Waals surface area contributed by atoms with Crippen LogP contribution in [0.3, 0.4) is 0 Å². The van der Waals surface area contributed by atoms with E-state index in [1.54, 1.807) is 4.90 Å². The molecule has 1 aliphatic carbocycles. The van der Waals surface area contributed by atoms with Crippen molar-refractivity contribution < 1.29 is 14.3 Å². The molecule has 1 aliphatic rings. The maximum absolute atomic E-state index is 12.1. The molecular weight excluding hydrogens is 342 g/mol. The molecule has 0 radical (unpaired) electrons. The van der Waals surface area contributed by atoms with Crippen LogP contribution in [0.5, 0.6) is 5.75 Å². The second-order valence-electron chi connectivity index (χ2n) is 7.17. The average molecular weight is 376 g/mol. The molecule has 3 amide bonds. The lowest BCUT2D eigenvalue weighted by molar-refractivity contribution is -0.130. The summed E-state index contributed by atoms with van der Waals surface area (Å²) in [5, 5.41) is 5.87. The first kappa shape index (κ1) is 21.1. The number of urea groups is 1. The zero-order chi connectivity index (χ0) is 19.3. The van der Waals surface area contributed by atoms with Crippen LogP contribution in [0, 0.1) is 0 Å². The van der Waals surface area contributed by atoms with Gasteiger partial charge in [0.2, 0.25) is 5.91 Å². The summed E-state index contributed by atoms with van der Waals surface area (Å²) < 4.78 is 5.63. The number of benzene rings is 1. The summed E-state index contributed by atoms with van der Waals surface area (Å²) in [5.41, 5.74) is 0. The van der Waals surface area contributed by atoms with Crippen LogP contribution >= 0.6 is 0 Å². The van der Waals surface area contributed by atoms with Gasteiger partial charge in [0, 0.05) is 32.6 Å². The van der Waals surface area contributed by atoms with E-state index >= 15 is 0 Å². The van der Waals surface area contributed by atoms with Gasteiger partial charge < -0.3 is 20.3 Å². The standard InChI is InChI=1S/C21H33N3O3/c1-24(16-9-17-27-19-12-6-3-7-13-19)20(25)14-8-15-22-21(26)23-18-10-4-2-5-11-18/h3,6-7,12-13,18H,2,4-5,8-11,14-17H2,1H3,(H2,22,23,26). The van der Waals surface area contributed by atoms with Gasteiger partial charge in [-0.05, 0) is 37.8 Å². The summed E-state index contributed by atoms with van der Waals surface area (Å²) in [6.45, 7) is 1.78. The first-order valence-corrected chi connectivity index (χ1v) is 10.1. The maximum atomic E-state index is 12.1. The molecule has 0 aliphatic heterocycles. The summed E-state index contributed by atoms with van der Waals surface area (Å²) in [6.07, 6.45) is 7.70. The second-order valence-corrected chi connectivity index (χ2v) is 7.17. The van der Waals surface area contributed by atoms with Crippen LogP contribution in [0.4, 0.5) is 4.79 Å². The molecule has 6 nitrogen and oxygen atoms in total. The predicted molar refractivity (Wildman–Crippen MR) is 107 cm³/mol. The number of nitrogens with one attached hydrogen (secondary N) is 2. The third-order valence-corrected chi connectivity index (χ3v) is 4.87. The van der Waals surface area contributed by atoms with E-state index in [1.165, 1.54) is 19.3 Å². The van der Waals surface area contributed by atoms with Crippen LogP contribution in [-0.2, 0) is 4.79 Å². The van der Waals surface area contributed by atoms with Crippen LogP contribution < -0.4 is 15.4 Å². The number of para-hydroxylation sites is 1. The van der Waals surface area contributed by atoms with Crippen molar-refractivity contribution in [1.82, 2.24) is 15.5 Å². The first-order valence-electron chi connectivity index (χ1n) is 10.1. The van der Waals surface area contributed by atoms with Crippen molar-refractivity contribution in [3.05, 3.63) is 30.3 Å². The Morgan fingerprint density at radius 1 is 1.11 bits per heavy atom. The van der Waals surface area contributed by atoms with Crippen molar-refractivity contribution in [2.75, 3.05) is 26.7 Å². The van der Waals surface area contributed by atoms with Crippen LogP contribution in [0.2, 0.25) is 0 Å². The van der Waals surface area contributed by atoms with Crippen molar-refractivity contribution in [3.63, 3.8) is 0 Å².